The molecule has 3 aromatic rings. The molecule has 7 nitrogen and oxygen atoms in total. The van der Waals surface area contributed by atoms with Gasteiger partial charge in [0.05, 0.1) is 16.9 Å². The van der Waals surface area contributed by atoms with Gasteiger partial charge in [-0.3, -0.25) is 0 Å². The van der Waals surface area contributed by atoms with Gasteiger partial charge in [0.2, 0.25) is 0 Å². The van der Waals surface area contributed by atoms with E-state index in [0.717, 1.165) is 34.0 Å². The van der Waals surface area contributed by atoms with E-state index in [-0.39, 0.29) is 0 Å². The van der Waals surface area contributed by atoms with Crippen molar-refractivity contribution < 1.29 is 0 Å². The molecule has 5 rings (SSSR count). The van der Waals surface area contributed by atoms with Crippen molar-refractivity contribution >= 4 is 40.3 Å². The van der Waals surface area contributed by atoms with Crippen molar-refractivity contribution in [3.8, 4) is 0 Å². The van der Waals surface area contributed by atoms with Crippen LogP contribution in [-0.2, 0) is 0 Å². The number of aromatic nitrogens is 4. The molecule has 0 aromatic carbocycles. The molecule has 0 amide bonds. The number of nitrogens with two attached hydrogens (primary N) is 1. The molecule has 156 valence electrons. The van der Waals surface area contributed by atoms with E-state index in [1.54, 1.807) is 6.20 Å². The number of hydrogen-bond acceptors (Lipinski definition) is 8. The molecule has 0 spiro atoms. The van der Waals surface area contributed by atoms with Gasteiger partial charge in [-0.2, -0.15) is 0 Å². The normalized spacial score (nSPS) is 25.9. The lowest BCUT2D eigenvalue weighted by Gasteiger charge is -2.34. The summed E-state index contributed by atoms with van der Waals surface area (Å²) in [4.78, 5) is 21.4. The summed E-state index contributed by atoms with van der Waals surface area (Å²) in [6.07, 6.45) is 7.02. The first kappa shape index (κ1) is 19.9. The Bertz CT molecular complexity index is 1090. The second kappa shape index (κ2) is 7.92. The van der Waals surface area contributed by atoms with Gasteiger partial charge in [0.15, 0.2) is 5.65 Å². The molecule has 4 atom stereocenters. The number of piperidine rings is 1. The molecular weight excluding hydrogens is 418 g/mol. The van der Waals surface area contributed by atoms with Crippen molar-refractivity contribution in [1.29, 1.82) is 0 Å². The fraction of sp³-hybridized carbons (Fsp3) is 0.429. The summed E-state index contributed by atoms with van der Waals surface area (Å²) in [6, 6.07) is 7.42. The van der Waals surface area contributed by atoms with Crippen molar-refractivity contribution in [3.63, 3.8) is 0 Å². The number of pyridine rings is 2. The van der Waals surface area contributed by atoms with Crippen LogP contribution in [0.15, 0.2) is 40.5 Å². The Balaban J connectivity index is 1.38. The molecule has 0 radical (unpaired) electrons. The van der Waals surface area contributed by atoms with Gasteiger partial charge in [-0.15, -0.1) is 0 Å². The van der Waals surface area contributed by atoms with Crippen molar-refractivity contribution in [2.75, 3.05) is 19.8 Å². The maximum absolute atomic E-state index is 6.26. The van der Waals surface area contributed by atoms with Crippen molar-refractivity contribution in [3.05, 3.63) is 41.3 Å². The zero-order chi connectivity index (χ0) is 20.8. The molecule has 0 saturated carbocycles. The van der Waals surface area contributed by atoms with E-state index in [0.29, 0.717) is 40.5 Å². The highest BCUT2D eigenvalue weighted by molar-refractivity contribution is 7.99. The Morgan fingerprint density at radius 2 is 2.00 bits per heavy atom. The number of halogens is 1. The SMILES string of the molecule is CN(C)[C@H]1C[C@@H]2C[C@H](c3cnc4nc(Sc5ccnc(N)c5Cl)ccc4n3)[C@H](C1)N2. The van der Waals surface area contributed by atoms with E-state index >= 15 is 0 Å². The van der Waals surface area contributed by atoms with Crippen LogP contribution < -0.4 is 11.1 Å². The molecule has 30 heavy (non-hydrogen) atoms. The summed E-state index contributed by atoms with van der Waals surface area (Å²) >= 11 is 7.70. The molecule has 2 aliphatic heterocycles. The fourth-order valence-electron chi connectivity index (χ4n) is 4.59. The van der Waals surface area contributed by atoms with E-state index < -0.39 is 0 Å². The minimum Gasteiger partial charge on any atom is -0.382 e. The van der Waals surface area contributed by atoms with Gasteiger partial charge in [0, 0.05) is 35.1 Å². The second-order valence-corrected chi connectivity index (χ2v) is 9.74. The monoisotopic (exact) mass is 441 g/mol. The minimum absolute atomic E-state index is 0.318. The topological polar surface area (TPSA) is 92.9 Å². The Kier molecular flexibility index (Phi) is 5.26. The first-order chi connectivity index (χ1) is 14.5. The third kappa shape index (κ3) is 3.73. The number of fused-ring (bicyclic) bond motifs is 3. The Hall–Kier alpha value is -2.00. The molecule has 2 saturated heterocycles. The lowest BCUT2D eigenvalue weighted by Crippen LogP contribution is -2.46. The number of hydrogen-bond donors (Lipinski definition) is 2. The molecule has 2 fully saturated rings. The van der Waals surface area contributed by atoms with Crippen LogP contribution in [-0.4, -0.2) is 57.1 Å². The average molecular weight is 442 g/mol. The first-order valence-corrected chi connectivity index (χ1v) is 11.3. The number of anilines is 1. The largest absolute Gasteiger partial charge is 0.382 e. The van der Waals surface area contributed by atoms with Crippen molar-refractivity contribution in [2.45, 2.75) is 53.2 Å². The van der Waals surface area contributed by atoms with E-state index in [1.807, 2.05) is 24.4 Å². The van der Waals surface area contributed by atoms with Crippen LogP contribution in [0.25, 0.3) is 11.2 Å². The molecule has 0 unspecified atom stereocenters. The zero-order valence-electron chi connectivity index (χ0n) is 16.9. The summed E-state index contributed by atoms with van der Waals surface area (Å²) < 4.78 is 0. The van der Waals surface area contributed by atoms with Crippen LogP contribution >= 0.6 is 23.4 Å². The van der Waals surface area contributed by atoms with Gasteiger partial charge >= 0.3 is 0 Å². The second-order valence-electron chi connectivity index (χ2n) is 8.30. The molecule has 2 aliphatic rings. The highest BCUT2D eigenvalue weighted by Gasteiger charge is 2.42. The van der Waals surface area contributed by atoms with Crippen LogP contribution in [0.4, 0.5) is 5.82 Å². The molecular formula is C21H24ClN7S. The smallest absolute Gasteiger partial charge is 0.179 e. The Labute approximate surface area is 184 Å². The molecule has 9 heteroatoms. The van der Waals surface area contributed by atoms with Gasteiger partial charge < -0.3 is 16.0 Å². The average Bonchev–Trinajstić information content (AvgIpc) is 3.04. The predicted octanol–water partition coefficient (Wildman–Crippen LogP) is 3.34. The van der Waals surface area contributed by atoms with Gasteiger partial charge in [0.1, 0.15) is 16.4 Å². The summed E-state index contributed by atoms with van der Waals surface area (Å²) in [5, 5.41) is 5.02. The Morgan fingerprint density at radius 3 is 2.83 bits per heavy atom. The zero-order valence-corrected chi connectivity index (χ0v) is 18.5. The van der Waals surface area contributed by atoms with E-state index in [9.17, 15) is 0 Å². The molecule has 0 aliphatic carbocycles. The quantitative estimate of drug-likeness (QED) is 0.636. The summed E-state index contributed by atoms with van der Waals surface area (Å²) in [7, 11) is 4.35. The third-order valence-electron chi connectivity index (χ3n) is 6.16. The summed E-state index contributed by atoms with van der Waals surface area (Å²) in [6.45, 7) is 0. The number of nitrogens with one attached hydrogen (secondary N) is 1. The van der Waals surface area contributed by atoms with Gasteiger partial charge in [-0.05, 0) is 51.6 Å². The van der Waals surface area contributed by atoms with Crippen LogP contribution in [0.1, 0.15) is 30.9 Å². The highest BCUT2D eigenvalue weighted by Crippen LogP contribution is 2.39. The van der Waals surface area contributed by atoms with E-state index in [1.165, 1.54) is 18.2 Å². The maximum Gasteiger partial charge on any atom is 0.179 e. The predicted molar refractivity (Wildman–Crippen MR) is 120 cm³/mol. The lowest BCUT2D eigenvalue weighted by molar-refractivity contribution is 0.201. The van der Waals surface area contributed by atoms with Gasteiger partial charge in [0.25, 0.3) is 0 Å². The third-order valence-corrected chi connectivity index (χ3v) is 7.67. The van der Waals surface area contributed by atoms with Gasteiger partial charge in [-0.25, -0.2) is 19.9 Å². The molecule has 2 bridgehead atoms. The van der Waals surface area contributed by atoms with Crippen molar-refractivity contribution in [2.24, 2.45) is 0 Å². The molecule has 3 aromatic heterocycles. The van der Waals surface area contributed by atoms with Crippen LogP contribution in [0.5, 0.6) is 0 Å². The highest BCUT2D eigenvalue weighted by atomic mass is 35.5. The number of nitrogens with zero attached hydrogens (tertiary/aromatic N) is 5. The summed E-state index contributed by atoms with van der Waals surface area (Å²) in [5.74, 6) is 0.725. The van der Waals surface area contributed by atoms with E-state index in [4.69, 9.17) is 22.3 Å². The van der Waals surface area contributed by atoms with E-state index in [2.05, 4.69) is 39.3 Å². The number of rotatable bonds is 4. The summed E-state index contributed by atoms with van der Waals surface area (Å²) in [5.41, 5.74) is 8.32. The fourth-order valence-corrected chi connectivity index (χ4v) is 5.63. The van der Waals surface area contributed by atoms with Crippen LogP contribution in [0.3, 0.4) is 0 Å². The lowest BCUT2D eigenvalue weighted by atomic mass is 9.93. The number of nitrogen functional groups attached to an aromatic ring is 1. The standard InChI is InChI=1S/C21H24ClN7S/c1-29(2)12-7-11-8-13(15(9-12)26-11)16-10-25-21-14(27-16)3-4-18(28-21)30-17-5-6-24-20(23)19(17)22/h3-6,10-13,15,26H,7-9H2,1-2H3,(H2,23,24)/t11-,12+,13+,15+/m1/s1. The maximum atomic E-state index is 6.26. The van der Waals surface area contributed by atoms with Crippen LogP contribution in [0, 0.1) is 0 Å². The van der Waals surface area contributed by atoms with Crippen LogP contribution in [0.2, 0.25) is 5.02 Å². The van der Waals surface area contributed by atoms with Crippen molar-refractivity contribution in [1.82, 2.24) is 30.2 Å². The molecule has 3 N–H and O–H groups in total. The molecule has 5 heterocycles. The Morgan fingerprint density at radius 1 is 1.13 bits per heavy atom. The first-order valence-electron chi connectivity index (χ1n) is 10.1. The minimum atomic E-state index is 0.318. The van der Waals surface area contributed by atoms with Gasteiger partial charge in [-0.1, -0.05) is 23.4 Å².